The monoisotopic (exact) mass is 307 g/mol. The molecular weight excluding hydrogens is 286 g/mol. The quantitative estimate of drug-likeness (QED) is 0.906. The van der Waals surface area contributed by atoms with Crippen molar-refractivity contribution in [1.82, 2.24) is 20.4 Å². The van der Waals surface area contributed by atoms with Crippen LogP contribution in [-0.2, 0) is 0 Å². The molecule has 0 radical (unpaired) electrons. The summed E-state index contributed by atoms with van der Waals surface area (Å²) in [5.74, 6) is 0. The number of hydrogen-bond donors (Lipinski definition) is 1. The summed E-state index contributed by atoms with van der Waals surface area (Å²) >= 11 is 1.59. The number of nitrogens with one attached hydrogen (secondary N) is 1. The minimum atomic E-state index is 0.147. The van der Waals surface area contributed by atoms with Crippen molar-refractivity contribution >= 4 is 22.5 Å². The van der Waals surface area contributed by atoms with Crippen molar-refractivity contribution in [2.75, 3.05) is 18.0 Å². The van der Waals surface area contributed by atoms with E-state index in [2.05, 4.69) is 25.3 Å². The van der Waals surface area contributed by atoms with Crippen LogP contribution in [0.25, 0.3) is 0 Å². The van der Waals surface area contributed by atoms with Crippen LogP contribution in [0, 0.1) is 0 Å². The van der Waals surface area contributed by atoms with E-state index in [1.54, 1.807) is 16.8 Å². The number of anilines is 1. The van der Waals surface area contributed by atoms with E-state index in [9.17, 15) is 4.79 Å². The first-order chi connectivity index (χ1) is 10.3. The van der Waals surface area contributed by atoms with Crippen molar-refractivity contribution in [2.24, 2.45) is 0 Å². The molecule has 0 unspecified atom stereocenters. The Hall–Kier alpha value is -1.37. The van der Waals surface area contributed by atoms with E-state index in [1.807, 2.05) is 0 Å². The maximum Gasteiger partial charge on any atom is 0.317 e. The number of urea groups is 1. The molecule has 4 rings (SSSR count). The summed E-state index contributed by atoms with van der Waals surface area (Å²) < 4.78 is 0. The van der Waals surface area contributed by atoms with Gasteiger partial charge in [-0.2, -0.15) is 0 Å². The van der Waals surface area contributed by atoms with Gasteiger partial charge in [0.2, 0.25) is 5.13 Å². The van der Waals surface area contributed by atoms with Crippen LogP contribution in [0.2, 0.25) is 0 Å². The summed E-state index contributed by atoms with van der Waals surface area (Å²) in [5, 5.41) is 12.4. The summed E-state index contributed by atoms with van der Waals surface area (Å²) in [6.07, 6.45) is 6.88. The molecule has 1 saturated carbocycles. The predicted octanol–water partition coefficient (Wildman–Crippen LogP) is 1.84. The summed E-state index contributed by atoms with van der Waals surface area (Å²) in [6, 6.07) is 1.31. The van der Waals surface area contributed by atoms with E-state index in [0.29, 0.717) is 18.1 Å². The Balaban J connectivity index is 1.42. The molecule has 2 saturated heterocycles. The lowest BCUT2D eigenvalue weighted by molar-refractivity contribution is 0.189. The zero-order valence-corrected chi connectivity index (χ0v) is 12.9. The molecule has 21 heavy (non-hydrogen) atoms. The highest BCUT2D eigenvalue weighted by Crippen LogP contribution is 2.35. The summed E-state index contributed by atoms with van der Waals surface area (Å²) in [4.78, 5) is 16.9. The Morgan fingerprint density at radius 2 is 2.00 bits per heavy atom. The lowest BCUT2D eigenvalue weighted by Crippen LogP contribution is -2.47. The van der Waals surface area contributed by atoms with Crippen molar-refractivity contribution in [3.8, 4) is 0 Å². The Morgan fingerprint density at radius 1 is 1.19 bits per heavy atom. The highest BCUT2D eigenvalue weighted by Gasteiger charge is 2.45. The third-order valence-corrected chi connectivity index (χ3v) is 5.84. The molecule has 3 fully saturated rings. The van der Waals surface area contributed by atoms with Crippen LogP contribution < -0.4 is 10.2 Å². The molecule has 1 aliphatic carbocycles. The van der Waals surface area contributed by atoms with Gasteiger partial charge in [0, 0.05) is 19.1 Å². The fourth-order valence-electron chi connectivity index (χ4n) is 4.10. The van der Waals surface area contributed by atoms with Gasteiger partial charge < -0.3 is 15.1 Å². The lowest BCUT2D eigenvalue weighted by Gasteiger charge is -2.26. The van der Waals surface area contributed by atoms with Gasteiger partial charge in [-0.15, -0.1) is 10.2 Å². The van der Waals surface area contributed by atoms with Crippen LogP contribution in [0.4, 0.5) is 9.93 Å². The van der Waals surface area contributed by atoms with Crippen LogP contribution in [0.1, 0.15) is 38.5 Å². The number of hydrogen-bond acceptors (Lipinski definition) is 5. The minimum Gasteiger partial charge on any atom is -0.341 e. The van der Waals surface area contributed by atoms with Gasteiger partial charge in [0.05, 0.1) is 12.1 Å². The largest absolute Gasteiger partial charge is 0.341 e. The van der Waals surface area contributed by atoms with Crippen LogP contribution >= 0.6 is 11.3 Å². The Kier molecular flexibility index (Phi) is 3.45. The average molecular weight is 307 g/mol. The van der Waals surface area contributed by atoms with Gasteiger partial charge in [-0.25, -0.2) is 4.79 Å². The second-order valence-electron chi connectivity index (χ2n) is 6.25. The smallest absolute Gasteiger partial charge is 0.317 e. The van der Waals surface area contributed by atoms with Crippen LogP contribution in [0.3, 0.4) is 0 Å². The Morgan fingerprint density at radius 3 is 2.76 bits per heavy atom. The molecule has 2 atom stereocenters. The van der Waals surface area contributed by atoms with E-state index in [4.69, 9.17) is 0 Å². The molecule has 6 nitrogen and oxygen atoms in total. The number of nitrogens with zero attached hydrogens (tertiary/aromatic N) is 4. The number of rotatable bonds is 2. The maximum absolute atomic E-state index is 12.5. The molecule has 2 aliphatic heterocycles. The fraction of sp³-hybridized carbons (Fsp3) is 0.786. The number of likely N-dealkylation sites (tertiary alicyclic amines) is 1. The second kappa shape index (κ2) is 5.44. The molecule has 1 aromatic rings. The van der Waals surface area contributed by atoms with Crippen molar-refractivity contribution in [2.45, 2.75) is 56.7 Å². The summed E-state index contributed by atoms with van der Waals surface area (Å²) in [5.41, 5.74) is 1.78. The van der Waals surface area contributed by atoms with Gasteiger partial charge in [-0.1, -0.05) is 24.2 Å². The Labute approximate surface area is 128 Å². The molecule has 2 amide bonds. The molecule has 1 aromatic heterocycles. The molecule has 0 spiro atoms. The normalized spacial score (nSPS) is 29.1. The zero-order valence-electron chi connectivity index (χ0n) is 12.1. The molecular formula is C14H21N5OS. The van der Waals surface area contributed by atoms with Gasteiger partial charge in [0.25, 0.3) is 0 Å². The lowest BCUT2D eigenvalue weighted by atomic mass is 10.1. The van der Waals surface area contributed by atoms with E-state index in [0.717, 1.165) is 43.9 Å². The number of amides is 2. The number of fused-ring (bicyclic) bond motifs is 1. The molecule has 0 bridgehead atoms. The number of carbonyl (C=O) groups excluding carboxylic acids is 1. The maximum atomic E-state index is 12.5. The minimum absolute atomic E-state index is 0.147. The summed E-state index contributed by atoms with van der Waals surface area (Å²) in [6.45, 7) is 1.85. The van der Waals surface area contributed by atoms with Gasteiger partial charge in [-0.3, -0.25) is 0 Å². The molecule has 3 aliphatic rings. The van der Waals surface area contributed by atoms with Crippen molar-refractivity contribution < 1.29 is 4.79 Å². The first kappa shape index (κ1) is 13.3. The molecule has 3 heterocycles. The number of carbonyl (C=O) groups is 1. The van der Waals surface area contributed by atoms with Crippen LogP contribution in [0.5, 0.6) is 0 Å². The fourth-order valence-corrected chi connectivity index (χ4v) is 4.74. The molecule has 7 heteroatoms. The molecule has 1 N–H and O–H groups in total. The SMILES string of the molecule is O=C(NC1CCCC1)N1CC[C@H]2[C@H]1CCN2c1nncs1. The Bertz CT molecular complexity index is 501. The van der Waals surface area contributed by atoms with E-state index < -0.39 is 0 Å². The van der Waals surface area contributed by atoms with E-state index in [1.165, 1.54) is 12.8 Å². The standard InChI is InChI=1S/C14H21N5OS/c20-13(16-10-3-1-2-4-10)18-7-5-12-11(18)6-8-19(12)14-17-15-9-21-14/h9-12H,1-8H2,(H,16,20)/t11-,12+/m1/s1. The van der Waals surface area contributed by atoms with Crippen molar-refractivity contribution in [3.05, 3.63) is 5.51 Å². The van der Waals surface area contributed by atoms with Gasteiger partial charge >= 0.3 is 6.03 Å². The summed E-state index contributed by atoms with van der Waals surface area (Å²) in [7, 11) is 0. The van der Waals surface area contributed by atoms with Crippen LogP contribution in [-0.4, -0.2) is 52.3 Å². The highest BCUT2D eigenvalue weighted by molar-refractivity contribution is 7.13. The average Bonchev–Trinajstić information content (AvgIpc) is 3.24. The van der Waals surface area contributed by atoms with Gasteiger partial charge in [0.1, 0.15) is 5.51 Å². The second-order valence-corrected chi connectivity index (χ2v) is 7.06. The van der Waals surface area contributed by atoms with Crippen molar-refractivity contribution in [1.29, 1.82) is 0 Å². The van der Waals surface area contributed by atoms with E-state index in [-0.39, 0.29) is 6.03 Å². The first-order valence-corrected chi connectivity index (χ1v) is 8.81. The third-order valence-electron chi connectivity index (χ3n) is 5.11. The van der Waals surface area contributed by atoms with E-state index >= 15 is 0 Å². The molecule has 0 aromatic carbocycles. The molecule has 114 valence electrons. The first-order valence-electron chi connectivity index (χ1n) is 7.93. The third kappa shape index (κ3) is 2.37. The van der Waals surface area contributed by atoms with Crippen molar-refractivity contribution in [3.63, 3.8) is 0 Å². The zero-order chi connectivity index (χ0) is 14.2. The topological polar surface area (TPSA) is 61.4 Å². The predicted molar refractivity (Wildman–Crippen MR) is 81.6 cm³/mol. The number of aromatic nitrogens is 2. The van der Waals surface area contributed by atoms with Gasteiger partial charge in [0.15, 0.2) is 0 Å². The van der Waals surface area contributed by atoms with Gasteiger partial charge in [-0.05, 0) is 25.7 Å². The highest BCUT2D eigenvalue weighted by atomic mass is 32.1. The van der Waals surface area contributed by atoms with Crippen LogP contribution in [0.15, 0.2) is 5.51 Å².